The molecule has 4 nitrogen and oxygen atoms in total. The molecule has 3 aromatic carbocycles. The van der Waals surface area contributed by atoms with Crippen LogP contribution in [-0.4, -0.2) is 8.42 Å². The monoisotopic (exact) mass is 504 g/mol. The van der Waals surface area contributed by atoms with E-state index >= 15 is 0 Å². The number of hydrogen-bond donors (Lipinski definition) is 2. The number of anilines is 2. The molecule has 0 bridgehead atoms. The quantitative estimate of drug-likeness (QED) is 0.366. The summed E-state index contributed by atoms with van der Waals surface area (Å²) in [6, 6.07) is 17.6. The fourth-order valence-electron chi connectivity index (χ4n) is 4.54. The minimum Gasteiger partial charge on any atom is -0.378 e. The first-order chi connectivity index (χ1) is 15.3. The van der Waals surface area contributed by atoms with Gasteiger partial charge >= 0.3 is 0 Å². The number of rotatable bonds is 4. The molecule has 0 amide bonds. The van der Waals surface area contributed by atoms with Gasteiger partial charge in [0.1, 0.15) is 0 Å². The maximum Gasteiger partial charge on any atom is 0.261 e. The van der Waals surface area contributed by atoms with Crippen molar-refractivity contribution in [1.29, 1.82) is 0 Å². The van der Waals surface area contributed by atoms with Crippen LogP contribution in [0.15, 0.2) is 77.7 Å². The molecule has 1 aliphatic carbocycles. The van der Waals surface area contributed by atoms with Crippen LogP contribution in [0.2, 0.25) is 15.1 Å². The molecule has 8 heteroatoms. The van der Waals surface area contributed by atoms with Gasteiger partial charge in [0.05, 0.1) is 26.7 Å². The van der Waals surface area contributed by atoms with Crippen molar-refractivity contribution in [2.75, 3.05) is 10.0 Å². The molecule has 3 aromatic rings. The molecule has 5 rings (SSSR count). The third-order valence-electron chi connectivity index (χ3n) is 6.02. The summed E-state index contributed by atoms with van der Waals surface area (Å²) in [4.78, 5) is 0.213. The van der Waals surface area contributed by atoms with Crippen LogP contribution in [0.4, 0.5) is 11.4 Å². The predicted molar refractivity (Wildman–Crippen MR) is 132 cm³/mol. The highest BCUT2D eigenvalue weighted by Crippen LogP contribution is 2.50. The zero-order valence-corrected chi connectivity index (χ0v) is 19.8. The summed E-state index contributed by atoms with van der Waals surface area (Å²) >= 11 is 18.4. The smallest absolute Gasteiger partial charge is 0.261 e. The Morgan fingerprint density at radius 2 is 1.78 bits per heavy atom. The second-order valence-electron chi connectivity index (χ2n) is 8.01. The minimum absolute atomic E-state index is 0.0457. The van der Waals surface area contributed by atoms with Gasteiger partial charge in [0.15, 0.2) is 0 Å². The Hall–Kier alpha value is -2.18. The van der Waals surface area contributed by atoms with Crippen LogP contribution < -0.4 is 10.0 Å². The molecule has 0 unspecified atom stereocenters. The van der Waals surface area contributed by atoms with Gasteiger partial charge in [0.25, 0.3) is 10.0 Å². The van der Waals surface area contributed by atoms with Gasteiger partial charge in [-0.2, -0.15) is 0 Å². The molecule has 0 saturated heterocycles. The van der Waals surface area contributed by atoms with E-state index in [-0.39, 0.29) is 22.8 Å². The van der Waals surface area contributed by atoms with E-state index in [0.29, 0.717) is 20.8 Å². The van der Waals surface area contributed by atoms with Gasteiger partial charge in [0.2, 0.25) is 0 Å². The van der Waals surface area contributed by atoms with Gasteiger partial charge in [-0.15, -0.1) is 0 Å². The Labute approximate surface area is 202 Å². The molecule has 2 aliphatic rings. The SMILES string of the molecule is O=S(=O)(Nc1cccc(Cl)c1)c1ccc2c(c1)[C@H]1C=CC[C@H]1[C@@H](c1ccc(Cl)c(Cl)c1)N2. The molecule has 0 saturated carbocycles. The van der Waals surface area contributed by atoms with E-state index in [4.69, 9.17) is 34.8 Å². The summed E-state index contributed by atoms with van der Waals surface area (Å²) in [5.74, 6) is 0.352. The molecule has 0 aromatic heterocycles. The summed E-state index contributed by atoms with van der Waals surface area (Å²) in [6.45, 7) is 0. The maximum absolute atomic E-state index is 13.0. The summed E-state index contributed by atoms with van der Waals surface area (Å²) in [5.41, 5.74) is 3.36. The van der Waals surface area contributed by atoms with Gasteiger partial charge in [-0.1, -0.05) is 59.1 Å². The number of halogens is 3. The first-order valence-electron chi connectivity index (χ1n) is 10.1. The number of nitrogens with one attached hydrogen (secondary N) is 2. The highest BCUT2D eigenvalue weighted by atomic mass is 35.5. The van der Waals surface area contributed by atoms with Crippen LogP contribution in [0.3, 0.4) is 0 Å². The van der Waals surface area contributed by atoms with Crippen molar-refractivity contribution < 1.29 is 8.42 Å². The van der Waals surface area contributed by atoms with E-state index in [1.54, 1.807) is 36.4 Å². The average Bonchev–Trinajstić information content (AvgIpc) is 3.25. The third-order valence-corrected chi connectivity index (χ3v) is 8.38. The zero-order valence-electron chi connectivity index (χ0n) is 16.7. The Bertz CT molecular complexity index is 1340. The Kier molecular flexibility index (Phi) is 5.62. The second kappa shape index (κ2) is 8.31. The summed E-state index contributed by atoms with van der Waals surface area (Å²) in [7, 11) is -3.76. The average molecular weight is 506 g/mol. The van der Waals surface area contributed by atoms with E-state index < -0.39 is 10.0 Å². The second-order valence-corrected chi connectivity index (χ2v) is 10.9. The topological polar surface area (TPSA) is 58.2 Å². The van der Waals surface area contributed by atoms with Crippen LogP contribution in [0.25, 0.3) is 0 Å². The van der Waals surface area contributed by atoms with Crippen LogP contribution in [0.5, 0.6) is 0 Å². The molecule has 32 heavy (non-hydrogen) atoms. The summed E-state index contributed by atoms with van der Waals surface area (Å²) in [5, 5.41) is 5.10. The maximum atomic E-state index is 13.0. The van der Waals surface area contributed by atoms with Gasteiger partial charge < -0.3 is 5.32 Å². The Morgan fingerprint density at radius 1 is 0.938 bits per heavy atom. The lowest BCUT2D eigenvalue weighted by atomic mass is 9.77. The highest BCUT2D eigenvalue weighted by molar-refractivity contribution is 7.92. The fourth-order valence-corrected chi connectivity index (χ4v) is 6.12. The minimum atomic E-state index is -3.76. The molecule has 0 spiro atoms. The fraction of sp³-hybridized carbons (Fsp3) is 0.167. The summed E-state index contributed by atoms with van der Waals surface area (Å²) < 4.78 is 28.7. The van der Waals surface area contributed by atoms with Crippen LogP contribution in [-0.2, 0) is 10.0 Å². The Morgan fingerprint density at radius 3 is 2.56 bits per heavy atom. The first kappa shape index (κ1) is 21.7. The zero-order chi connectivity index (χ0) is 22.5. The largest absolute Gasteiger partial charge is 0.378 e. The number of allylic oxidation sites excluding steroid dienone is 2. The van der Waals surface area contributed by atoms with Crippen LogP contribution in [0, 0.1) is 5.92 Å². The first-order valence-corrected chi connectivity index (χ1v) is 12.7. The van der Waals surface area contributed by atoms with Crippen molar-refractivity contribution in [3.63, 3.8) is 0 Å². The molecular weight excluding hydrogens is 487 g/mol. The van der Waals surface area contributed by atoms with Crippen molar-refractivity contribution in [1.82, 2.24) is 0 Å². The van der Waals surface area contributed by atoms with Crippen molar-refractivity contribution in [2.45, 2.75) is 23.3 Å². The molecule has 0 fully saturated rings. The van der Waals surface area contributed by atoms with E-state index in [1.807, 2.05) is 24.3 Å². The molecule has 3 atom stereocenters. The van der Waals surface area contributed by atoms with Crippen molar-refractivity contribution in [2.24, 2.45) is 5.92 Å². The van der Waals surface area contributed by atoms with Gasteiger partial charge in [-0.3, -0.25) is 4.72 Å². The lowest BCUT2D eigenvalue weighted by molar-refractivity contribution is 0.425. The van der Waals surface area contributed by atoms with Crippen molar-refractivity contribution >= 4 is 56.2 Å². The highest BCUT2D eigenvalue weighted by Gasteiger charge is 2.38. The summed E-state index contributed by atoms with van der Waals surface area (Å²) in [6.07, 6.45) is 5.21. The van der Waals surface area contributed by atoms with Gasteiger partial charge in [-0.25, -0.2) is 8.42 Å². The molecular formula is C24H19Cl3N2O2S. The normalized spacial score (nSPS) is 21.5. The van der Waals surface area contributed by atoms with Crippen molar-refractivity contribution in [3.8, 4) is 0 Å². The molecule has 164 valence electrons. The standard InChI is InChI=1S/C24H19Cl3N2O2S/c25-15-3-1-4-16(12-15)29-32(30,31)17-8-10-23-20(13-17)18-5-2-6-19(18)24(28-23)14-7-9-21(26)22(27)11-14/h1-5,7-13,18-19,24,28-29H,6H2/t18-,19+,24+/m0/s1. The van der Waals surface area contributed by atoms with E-state index in [9.17, 15) is 8.42 Å². The molecule has 1 aliphatic heterocycles. The van der Waals surface area contributed by atoms with Crippen molar-refractivity contribution in [3.05, 3.63) is 99.0 Å². The predicted octanol–water partition coefficient (Wildman–Crippen LogP) is 7.27. The van der Waals surface area contributed by atoms with E-state index in [0.717, 1.165) is 23.2 Å². The molecule has 1 heterocycles. The van der Waals surface area contributed by atoms with Crippen LogP contribution in [0.1, 0.15) is 29.5 Å². The number of hydrogen-bond acceptors (Lipinski definition) is 3. The van der Waals surface area contributed by atoms with Gasteiger partial charge in [0, 0.05) is 16.6 Å². The number of benzene rings is 3. The Balaban J connectivity index is 1.49. The third kappa shape index (κ3) is 3.99. The van der Waals surface area contributed by atoms with E-state index in [2.05, 4.69) is 22.2 Å². The molecule has 2 N–H and O–H groups in total. The van der Waals surface area contributed by atoms with Gasteiger partial charge in [-0.05, 0) is 72.0 Å². The lowest BCUT2D eigenvalue weighted by Gasteiger charge is -2.37. The number of sulfonamides is 1. The number of fused-ring (bicyclic) bond motifs is 3. The van der Waals surface area contributed by atoms with E-state index in [1.165, 1.54) is 0 Å². The lowest BCUT2D eigenvalue weighted by Crippen LogP contribution is -2.29. The van der Waals surface area contributed by atoms with Crippen LogP contribution >= 0.6 is 34.8 Å². The molecule has 0 radical (unpaired) electrons.